The van der Waals surface area contributed by atoms with Crippen LogP contribution < -0.4 is 0 Å². The maximum atomic E-state index is 12.2. The SMILES string of the molecule is CCOC(=O)c1ccc(-c2ccccc2)nc1-c1ccccc1.CCOC(=O)c1ccc(-c2ccccc2)nc1Cl. The molecule has 7 heteroatoms. The summed E-state index contributed by atoms with van der Waals surface area (Å²) in [6.07, 6.45) is 0. The molecule has 0 spiro atoms. The Morgan fingerprint density at radius 2 is 0.976 bits per heavy atom. The maximum absolute atomic E-state index is 12.2. The molecule has 0 N–H and O–H groups in total. The quantitative estimate of drug-likeness (QED) is 0.146. The fourth-order valence-corrected chi connectivity index (χ4v) is 4.21. The highest BCUT2D eigenvalue weighted by Crippen LogP contribution is 2.27. The Morgan fingerprint density at radius 1 is 0.561 bits per heavy atom. The second kappa shape index (κ2) is 14.5. The van der Waals surface area contributed by atoms with Crippen LogP contribution in [-0.4, -0.2) is 35.1 Å². The minimum Gasteiger partial charge on any atom is -0.462 e. The molecule has 0 radical (unpaired) electrons. The summed E-state index contributed by atoms with van der Waals surface area (Å²) < 4.78 is 10.0. The third-order valence-electron chi connectivity index (χ3n) is 5.92. The molecule has 0 fully saturated rings. The van der Waals surface area contributed by atoms with Gasteiger partial charge in [0.15, 0.2) is 0 Å². The van der Waals surface area contributed by atoms with Crippen LogP contribution in [-0.2, 0) is 9.47 Å². The van der Waals surface area contributed by atoms with E-state index in [-0.39, 0.29) is 16.7 Å². The summed E-state index contributed by atoms with van der Waals surface area (Å²) in [7, 11) is 0. The molecule has 3 aromatic carbocycles. The Morgan fingerprint density at radius 3 is 1.44 bits per heavy atom. The van der Waals surface area contributed by atoms with E-state index in [2.05, 4.69) is 4.98 Å². The lowest BCUT2D eigenvalue weighted by Gasteiger charge is -2.11. The van der Waals surface area contributed by atoms with E-state index in [9.17, 15) is 9.59 Å². The lowest BCUT2D eigenvalue weighted by atomic mass is 10.0. The van der Waals surface area contributed by atoms with Crippen molar-refractivity contribution >= 4 is 23.5 Å². The summed E-state index contributed by atoms with van der Waals surface area (Å²) >= 11 is 6.00. The monoisotopic (exact) mass is 564 g/mol. The molecule has 0 aliphatic rings. The van der Waals surface area contributed by atoms with Crippen molar-refractivity contribution in [1.82, 2.24) is 9.97 Å². The van der Waals surface area contributed by atoms with Crippen molar-refractivity contribution in [2.24, 2.45) is 0 Å². The molecule has 0 amide bonds. The highest BCUT2D eigenvalue weighted by Gasteiger charge is 2.17. The number of rotatable bonds is 7. The standard InChI is InChI=1S/C20H17NO2.C14H12ClNO2/c1-2-23-20(22)17-13-14-18(15-9-5-3-6-10-15)21-19(17)16-11-7-4-8-12-16;1-2-18-14(17)11-8-9-12(16-13(11)15)10-6-4-3-5-7-10/h3-14H,2H2,1H3;3-9H,2H2,1H3. The number of carbonyl (C=O) groups is 2. The van der Waals surface area contributed by atoms with Crippen LogP contribution in [0.3, 0.4) is 0 Å². The van der Waals surface area contributed by atoms with Gasteiger partial charge in [-0.15, -0.1) is 0 Å². The number of nitrogens with zero attached hydrogens (tertiary/aromatic N) is 2. The van der Waals surface area contributed by atoms with E-state index in [4.69, 9.17) is 26.1 Å². The first-order valence-electron chi connectivity index (χ1n) is 13.2. The zero-order valence-corrected chi connectivity index (χ0v) is 23.5. The third kappa shape index (κ3) is 7.65. The van der Waals surface area contributed by atoms with E-state index < -0.39 is 5.97 Å². The van der Waals surface area contributed by atoms with Gasteiger partial charge in [0, 0.05) is 16.7 Å². The average molecular weight is 565 g/mol. The molecular formula is C34H29ClN2O4. The van der Waals surface area contributed by atoms with Gasteiger partial charge in [0.25, 0.3) is 0 Å². The molecule has 41 heavy (non-hydrogen) atoms. The van der Waals surface area contributed by atoms with Gasteiger partial charge in [0.2, 0.25) is 0 Å². The molecule has 206 valence electrons. The van der Waals surface area contributed by atoms with E-state index in [1.54, 1.807) is 32.0 Å². The van der Waals surface area contributed by atoms with Gasteiger partial charge in [-0.1, -0.05) is 103 Å². The first-order chi connectivity index (χ1) is 20.0. The highest BCUT2D eigenvalue weighted by molar-refractivity contribution is 6.32. The second-order valence-electron chi connectivity index (χ2n) is 8.67. The topological polar surface area (TPSA) is 78.4 Å². The number of benzene rings is 3. The normalized spacial score (nSPS) is 10.2. The predicted molar refractivity (Wildman–Crippen MR) is 162 cm³/mol. The Hall–Kier alpha value is -4.81. The van der Waals surface area contributed by atoms with Gasteiger partial charge in [0.05, 0.1) is 41.4 Å². The van der Waals surface area contributed by atoms with Crippen molar-refractivity contribution in [3.05, 3.63) is 132 Å². The van der Waals surface area contributed by atoms with Crippen LogP contribution in [0.2, 0.25) is 5.15 Å². The molecule has 0 aliphatic carbocycles. The summed E-state index contributed by atoms with van der Waals surface area (Å²) in [5.74, 6) is -0.798. The number of halogens is 1. The van der Waals surface area contributed by atoms with E-state index in [0.29, 0.717) is 24.5 Å². The number of aromatic nitrogens is 2. The Labute approximate surface area is 244 Å². The van der Waals surface area contributed by atoms with Crippen LogP contribution in [0.1, 0.15) is 34.6 Å². The lowest BCUT2D eigenvalue weighted by Crippen LogP contribution is -2.08. The van der Waals surface area contributed by atoms with Crippen LogP contribution in [0.4, 0.5) is 0 Å². The largest absolute Gasteiger partial charge is 0.462 e. The molecule has 0 saturated carbocycles. The first-order valence-corrected chi connectivity index (χ1v) is 13.6. The second-order valence-corrected chi connectivity index (χ2v) is 9.02. The first kappa shape index (κ1) is 29.2. The molecule has 2 heterocycles. The number of ether oxygens (including phenoxy) is 2. The number of pyridine rings is 2. The average Bonchev–Trinajstić information content (AvgIpc) is 3.02. The number of hydrogen-bond acceptors (Lipinski definition) is 6. The van der Waals surface area contributed by atoms with Crippen LogP contribution in [0.25, 0.3) is 33.8 Å². The molecule has 0 atom stereocenters. The van der Waals surface area contributed by atoms with Crippen molar-refractivity contribution in [3.8, 4) is 33.8 Å². The highest BCUT2D eigenvalue weighted by atomic mass is 35.5. The summed E-state index contributed by atoms with van der Waals surface area (Å²) in [4.78, 5) is 32.7. The van der Waals surface area contributed by atoms with Crippen molar-refractivity contribution in [2.45, 2.75) is 13.8 Å². The minimum atomic E-state index is -0.449. The van der Waals surface area contributed by atoms with Gasteiger partial charge in [0.1, 0.15) is 5.15 Å². The zero-order valence-electron chi connectivity index (χ0n) is 22.8. The smallest absolute Gasteiger partial charge is 0.341 e. The Bertz CT molecular complexity index is 1590. The van der Waals surface area contributed by atoms with Gasteiger partial charge in [-0.05, 0) is 38.1 Å². The van der Waals surface area contributed by atoms with Crippen LogP contribution in [0.15, 0.2) is 115 Å². The lowest BCUT2D eigenvalue weighted by molar-refractivity contribution is 0.0517. The fraction of sp³-hybridized carbons (Fsp3) is 0.118. The number of carbonyl (C=O) groups excluding carboxylic acids is 2. The van der Waals surface area contributed by atoms with Gasteiger partial charge in [-0.2, -0.15) is 0 Å². The van der Waals surface area contributed by atoms with Crippen molar-refractivity contribution < 1.29 is 19.1 Å². The van der Waals surface area contributed by atoms with Crippen molar-refractivity contribution in [3.63, 3.8) is 0 Å². The Kier molecular flexibility index (Phi) is 10.3. The maximum Gasteiger partial charge on any atom is 0.341 e. The molecule has 2 aromatic heterocycles. The summed E-state index contributed by atoms with van der Waals surface area (Å²) in [6.45, 7) is 4.20. The third-order valence-corrected chi connectivity index (χ3v) is 6.21. The molecule has 0 bridgehead atoms. The van der Waals surface area contributed by atoms with Gasteiger partial charge < -0.3 is 9.47 Å². The van der Waals surface area contributed by atoms with E-state index in [0.717, 1.165) is 28.1 Å². The number of esters is 2. The van der Waals surface area contributed by atoms with Crippen molar-refractivity contribution in [1.29, 1.82) is 0 Å². The zero-order chi connectivity index (χ0) is 29.0. The molecule has 5 rings (SSSR count). The summed E-state index contributed by atoms with van der Waals surface area (Å²) in [6, 6.07) is 36.3. The van der Waals surface area contributed by atoms with E-state index in [1.165, 1.54) is 0 Å². The minimum absolute atomic E-state index is 0.162. The van der Waals surface area contributed by atoms with Gasteiger partial charge in [-0.3, -0.25) is 0 Å². The summed E-state index contributed by atoms with van der Waals surface area (Å²) in [5, 5.41) is 0.162. The molecule has 5 aromatic rings. The molecule has 0 unspecified atom stereocenters. The molecule has 6 nitrogen and oxygen atoms in total. The fourth-order valence-electron chi connectivity index (χ4n) is 3.98. The molecule has 0 aliphatic heterocycles. The van der Waals surface area contributed by atoms with E-state index >= 15 is 0 Å². The Balaban J connectivity index is 0.000000195. The van der Waals surface area contributed by atoms with Crippen LogP contribution in [0, 0.1) is 0 Å². The van der Waals surface area contributed by atoms with Crippen LogP contribution in [0.5, 0.6) is 0 Å². The van der Waals surface area contributed by atoms with Crippen LogP contribution >= 0.6 is 11.6 Å². The predicted octanol–water partition coefficient (Wildman–Crippen LogP) is 8.17. The molecule has 0 saturated heterocycles. The van der Waals surface area contributed by atoms with Gasteiger partial charge in [-0.25, -0.2) is 19.6 Å². The van der Waals surface area contributed by atoms with Crippen molar-refractivity contribution in [2.75, 3.05) is 13.2 Å². The van der Waals surface area contributed by atoms with E-state index in [1.807, 2.05) is 97.1 Å². The summed E-state index contributed by atoms with van der Waals surface area (Å²) in [5.41, 5.74) is 5.84. The van der Waals surface area contributed by atoms with Gasteiger partial charge >= 0.3 is 11.9 Å². The molecular weight excluding hydrogens is 536 g/mol. The number of hydrogen-bond donors (Lipinski definition) is 0.